The molecule has 2 fully saturated rings. The first-order chi connectivity index (χ1) is 9.79. The van der Waals surface area contributed by atoms with Gasteiger partial charge in [-0.3, -0.25) is 4.90 Å². The van der Waals surface area contributed by atoms with E-state index in [1.807, 2.05) is 6.07 Å². The van der Waals surface area contributed by atoms with Crippen LogP contribution in [0.5, 0.6) is 5.75 Å². The highest BCUT2D eigenvalue weighted by molar-refractivity contribution is 5.31. The van der Waals surface area contributed by atoms with Crippen molar-refractivity contribution in [2.45, 2.75) is 26.3 Å². The number of ether oxygens (including phenoxy) is 1. The molecular formula is C17H26N2O. The van der Waals surface area contributed by atoms with Gasteiger partial charge in [-0.25, -0.2) is 0 Å². The molecule has 2 aliphatic heterocycles. The van der Waals surface area contributed by atoms with Crippen LogP contribution in [-0.4, -0.2) is 43.7 Å². The summed E-state index contributed by atoms with van der Waals surface area (Å²) < 4.78 is 5.96. The zero-order chi connectivity index (χ0) is 13.9. The Hall–Kier alpha value is -1.06. The number of aryl methyl sites for hydroxylation is 1. The Balaban J connectivity index is 1.52. The standard InChI is InChI=1S/C17H26N2O/c1-3-16-15-11-18-10-14(15)12-19(16)8-9-20-17-7-5-4-6-13(17)2/h4-7,14-16,18H,3,8-12H2,1-2H3. The predicted molar refractivity (Wildman–Crippen MR) is 82.2 cm³/mol. The van der Waals surface area contributed by atoms with Gasteiger partial charge in [-0.2, -0.15) is 0 Å². The van der Waals surface area contributed by atoms with Crippen molar-refractivity contribution in [3.63, 3.8) is 0 Å². The second-order valence-corrected chi connectivity index (χ2v) is 6.17. The molecule has 2 saturated heterocycles. The van der Waals surface area contributed by atoms with Crippen LogP contribution in [0.1, 0.15) is 18.9 Å². The summed E-state index contributed by atoms with van der Waals surface area (Å²) in [5, 5.41) is 3.54. The fraction of sp³-hybridized carbons (Fsp3) is 0.647. The van der Waals surface area contributed by atoms with Gasteiger partial charge in [-0.1, -0.05) is 25.1 Å². The van der Waals surface area contributed by atoms with Crippen molar-refractivity contribution in [2.75, 3.05) is 32.8 Å². The minimum absolute atomic E-state index is 0.746. The van der Waals surface area contributed by atoms with Crippen LogP contribution in [0.15, 0.2) is 24.3 Å². The normalized spacial score (nSPS) is 29.6. The Labute approximate surface area is 122 Å². The SMILES string of the molecule is CCC1C2CNCC2CN1CCOc1ccccc1C. The summed E-state index contributed by atoms with van der Waals surface area (Å²) in [7, 11) is 0. The van der Waals surface area contributed by atoms with Crippen LogP contribution in [0.2, 0.25) is 0 Å². The summed E-state index contributed by atoms with van der Waals surface area (Å²) in [6.07, 6.45) is 1.26. The first-order valence-electron chi connectivity index (χ1n) is 7.92. The van der Waals surface area contributed by atoms with Crippen LogP contribution < -0.4 is 10.1 Å². The van der Waals surface area contributed by atoms with E-state index in [1.54, 1.807) is 0 Å². The summed E-state index contributed by atoms with van der Waals surface area (Å²) in [6.45, 7) is 9.94. The third kappa shape index (κ3) is 2.70. The van der Waals surface area contributed by atoms with Gasteiger partial charge in [-0.15, -0.1) is 0 Å². The molecule has 3 rings (SSSR count). The number of para-hydroxylation sites is 1. The van der Waals surface area contributed by atoms with Crippen molar-refractivity contribution in [1.29, 1.82) is 0 Å². The molecule has 3 nitrogen and oxygen atoms in total. The lowest BCUT2D eigenvalue weighted by Gasteiger charge is -2.26. The number of benzene rings is 1. The molecule has 0 saturated carbocycles. The van der Waals surface area contributed by atoms with E-state index in [4.69, 9.17) is 4.74 Å². The molecule has 20 heavy (non-hydrogen) atoms. The van der Waals surface area contributed by atoms with E-state index in [2.05, 4.69) is 42.3 Å². The molecule has 0 amide bonds. The molecule has 3 heteroatoms. The summed E-state index contributed by atoms with van der Waals surface area (Å²) in [6, 6.07) is 9.02. The molecule has 0 bridgehead atoms. The molecule has 1 aromatic rings. The number of nitrogens with zero attached hydrogens (tertiary/aromatic N) is 1. The van der Waals surface area contributed by atoms with Crippen molar-refractivity contribution in [3.8, 4) is 5.75 Å². The number of likely N-dealkylation sites (tertiary alicyclic amines) is 1. The fourth-order valence-corrected chi connectivity index (χ4v) is 3.92. The van der Waals surface area contributed by atoms with Crippen molar-refractivity contribution < 1.29 is 4.74 Å². The minimum Gasteiger partial charge on any atom is -0.492 e. The van der Waals surface area contributed by atoms with Gasteiger partial charge < -0.3 is 10.1 Å². The maximum Gasteiger partial charge on any atom is 0.122 e. The zero-order valence-electron chi connectivity index (χ0n) is 12.6. The zero-order valence-corrected chi connectivity index (χ0v) is 12.6. The smallest absolute Gasteiger partial charge is 0.122 e. The molecule has 0 spiro atoms. The highest BCUT2D eigenvalue weighted by Gasteiger charge is 2.42. The summed E-state index contributed by atoms with van der Waals surface area (Å²) >= 11 is 0. The van der Waals surface area contributed by atoms with E-state index in [1.165, 1.54) is 31.6 Å². The largest absolute Gasteiger partial charge is 0.492 e. The molecule has 1 N–H and O–H groups in total. The lowest BCUT2D eigenvalue weighted by atomic mass is 9.93. The molecule has 2 heterocycles. The Morgan fingerprint density at radius 1 is 1.30 bits per heavy atom. The summed E-state index contributed by atoms with van der Waals surface area (Å²) in [5.41, 5.74) is 1.22. The quantitative estimate of drug-likeness (QED) is 0.891. The third-order valence-corrected chi connectivity index (χ3v) is 4.97. The lowest BCUT2D eigenvalue weighted by molar-refractivity contribution is 0.176. The molecule has 0 radical (unpaired) electrons. The highest BCUT2D eigenvalue weighted by atomic mass is 16.5. The van der Waals surface area contributed by atoms with E-state index in [0.717, 1.165) is 36.8 Å². The molecular weight excluding hydrogens is 248 g/mol. The van der Waals surface area contributed by atoms with E-state index in [9.17, 15) is 0 Å². The van der Waals surface area contributed by atoms with E-state index in [0.29, 0.717) is 0 Å². The number of rotatable bonds is 5. The van der Waals surface area contributed by atoms with Crippen molar-refractivity contribution >= 4 is 0 Å². The third-order valence-electron chi connectivity index (χ3n) is 4.97. The van der Waals surface area contributed by atoms with Crippen LogP contribution in [0.4, 0.5) is 0 Å². The monoisotopic (exact) mass is 274 g/mol. The van der Waals surface area contributed by atoms with Crippen molar-refractivity contribution in [1.82, 2.24) is 10.2 Å². The molecule has 2 aliphatic rings. The number of hydrogen-bond donors (Lipinski definition) is 1. The summed E-state index contributed by atoms with van der Waals surface area (Å²) in [5.74, 6) is 2.75. The van der Waals surface area contributed by atoms with E-state index in [-0.39, 0.29) is 0 Å². The Morgan fingerprint density at radius 3 is 2.95 bits per heavy atom. The van der Waals surface area contributed by atoms with Crippen molar-refractivity contribution in [3.05, 3.63) is 29.8 Å². The average molecular weight is 274 g/mol. The Bertz CT molecular complexity index is 448. The molecule has 110 valence electrons. The molecule has 3 atom stereocenters. The Morgan fingerprint density at radius 2 is 2.15 bits per heavy atom. The molecule has 3 unspecified atom stereocenters. The maximum atomic E-state index is 5.96. The predicted octanol–water partition coefficient (Wildman–Crippen LogP) is 2.30. The van der Waals surface area contributed by atoms with Crippen LogP contribution in [0, 0.1) is 18.8 Å². The molecule has 1 aromatic carbocycles. The second kappa shape index (κ2) is 6.15. The summed E-state index contributed by atoms with van der Waals surface area (Å²) in [4.78, 5) is 2.65. The first kappa shape index (κ1) is 13.9. The number of nitrogens with one attached hydrogen (secondary N) is 1. The van der Waals surface area contributed by atoms with Crippen molar-refractivity contribution in [2.24, 2.45) is 11.8 Å². The van der Waals surface area contributed by atoms with Gasteiger partial charge in [0.15, 0.2) is 0 Å². The van der Waals surface area contributed by atoms with Crippen LogP contribution in [0.3, 0.4) is 0 Å². The number of fused-ring (bicyclic) bond motifs is 1. The number of hydrogen-bond acceptors (Lipinski definition) is 3. The van der Waals surface area contributed by atoms with Gasteiger partial charge in [0.25, 0.3) is 0 Å². The van der Waals surface area contributed by atoms with Crippen LogP contribution in [0.25, 0.3) is 0 Å². The molecule has 0 aliphatic carbocycles. The lowest BCUT2D eigenvalue weighted by Crippen LogP contribution is -2.37. The Kier molecular flexibility index (Phi) is 4.27. The van der Waals surface area contributed by atoms with Gasteiger partial charge in [0.2, 0.25) is 0 Å². The average Bonchev–Trinajstić information content (AvgIpc) is 3.01. The van der Waals surface area contributed by atoms with Gasteiger partial charge in [-0.05, 0) is 49.9 Å². The van der Waals surface area contributed by atoms with Crippen LogP contribution >= 0.6 is 0 Å². The van der Waals surface area contributed by atoms with Gasteiger partial charge >= 0.3 is 0 Å². The van der Waals surface area contributed by atoms with Crippen LogP contribution in [-0.2, 0) is 0 Å². The van der Waals surface area contributed by atoms with Gasteiger partial charge in [0, 0.05) is 19.1 Å². The van der Waals surface area contributed by atoms with E-state index >= 15 is 0 Å². The minimum atomic E-state index is 0.746. The first-order valence-corrected chi connectivity index (χ1v) is 7.92. The maximum absolute atomic E-state index is 5.96. The van der Waals surface area contributed by atoms with E-state index < -0.39 is 0 Å². The fourth-order valence-electron chi connectivity index (χ4n) is 3.92. The van der Waals surface area contributed by atoms with Gasteiger partial charge in [0.05, 0.1) is 0 Å². The highest BCUT2D eigenvalue weighted by Crippen LogP contribution is 2.33. The molecule has 0 aromatic heterocycles. The second-order valence-electron chi connectivity index (χ2n) is 6.17. The van der Waals surface area contributed by atoms with Gasteiger partial charge in [0.1, 0.15) is 12.4 Å². The topological polar surface area (TPSA) is 24.5 Å².